The van der Waals surface area contributed by atoms with Crippen LogP contribution >= 0.6 is 0 Å². The van der Waals surface area contributed by atoms with Crippen LogP contribution in [0.5, 0.6) is 0 Å². The Labute approximate surface area is 111 Å². The summed E-state index contributed by atoms with van der Waals surface area (Å²) in [6.45, 7) is 5.15. The lowest BCUT2D eigenvalue weighted by Gasteiger charge is -2.18. The van der Waals surface area contributed by atoms with Crippen LogP contribution in [-0.4, -0.2) is 33.6 Å². The van der Waals surface area contributed by atoms with Crippen LogP contribution in [0.1, 0.15) is 13.8 Å². The van der Waals surface area contributed by atoms with Gasteiger partial charge in [0.2, 0.25) is 0 Å². The molecule has 0 unspecified atom stereocenters. The molecule has 19 heavy (non-hydrogen) atoms. The second-order valence-corrected chi connectivity index (χ2v) is 4.07. The van der Waals surface area contributed by atoms with Crippen LogP contribution in [0.3, 0.4) is 0 Å². The molecule has 0 N–H and O–H groups in total. The van der Waals surface area contributed by atoms with Gasteiger partial charge >= 0.3 is 6.03 Å². The van der Waals surface area contributed by atoms with Crippen LogP contribution in [0.15, 0.2) is 37.1 Å². The fourth-order valence-corrected chi connectivity index (χ4v) is 1.84. The van der Waals surface area contributed by atoms with Gasteiger partial charge in [-0.1, -0.05) is 0 Å². The van der Waals surface area contributed by atoms with Crippen LogP contribution in [0.2, 0.25) is 0 Å². The van der Waals surface area contributed by atoms with Gasteiger partial charge in [0.15, 0.2) is 12.4 Å². The predicted molar refractivity (Wildman–Crippen MR) is 70.3 cm³/mol. The average Bonchev–Trinajstić information content (AvgIpc) is 2.89. The van der Waals surface area contributed by atoms with Crippen molar-refractivity contribution >= 4 is 6.03 Å². The SMILES string of the molecule is CCN(CC)C(=O)n1cnc(-c2ccc[n+]([O-])c2)c1. The molecule has 0 saturated heterocycles. The quantitative estimate of drug-likeness (QED) is 0.620. The van der Waals surface area contributed by atoms with E-state index in [4.69, 9.17) is 0 Å². The van der Waals surface area contributed by atoms with Crippen molar-refractivity contribution in [2.75, 3.05) is 13.1 Å². The summed E-state index contributed by atoms with van der Waals surface area (Å²) in [6, 6.07) is 3.31. The van der Waals surface area contributed by atoms with Crippen LogP contribution in [0.25, 0.3) is 11.3 Å². The Kier molecular flexibility index (Phi) is 3.79. The summed E-state index contributed by atoms with van der Waals surface area (Å²) >= 11 is 0. The van der Waals surface area contributed by atoms with E-state index in [0.717, 1.165) is 0 Å². The zero-order valence-electron chi connectivity index (χ0n) is 11.0. The first-order chi connectivity index (χ1) is 9.15. The summed E-state index contributed by atoms with van der Waals surface area (Å²) < 4.78 is 2.14. The summed E-state index contributed by atoms with van der Waals surface area (Å²) in [5, 5.41) is 11.2. The topological polar surface area (TPSA) is 65.1 Å². The Balaban J connectivity index is 2.26. The minimum absolute atomic E-state index is 0.116. The first-order valence-corrected chi connectivity index (χ1v) is 6.18. The lowest BCUT2D eigenvalue weighted by Crippen LogP contribution is -2.33. The van der Waals surface area contributed by atoms with Crippen molar-refractivity contribution in [2.24, 2.45) is 0 Å². The Morgan fingerprint density at radius 1 is 1.47 bits per heavy atom. The molecule has 2 rings (SSSR count). The number of carbonyl (C=O) groups excluding carboxylic acids is 1. The minimum Gasteiger partial charge on any atom is -0.619 e. The van der Waals surface area contributed by atoms with Crippen molar-refractivity contribution in [1.82, 2.24) is 14.5 Å². The highest BCUT2D eigenvalue weighted by molar-refractivity contribution is 5.77. The van der Waals surface area contributed by atoms with Gasteiger partial charge in [-0.15, -0.1) is 0 Å². The van der Waals surface area contributed by atoms with Gasteiger partial charge in [0.25, 0.3) is 0 Å². The van der Waals surface area contributed by atoms with Gasteiger partial charge in [-0.25, -0.2) is 9.78 Å². The Morgan fingerprint density at radius 2 is 2.21 bits per heavy atom. The van der Waals surface area contributed by atoms with Gasteiger partial charge in [-0.2, -0.15) is 4.73 Å². The van der Waals surface area contributed by atoms with Gasteiger partial charge in [0, 0.05) is 25.4 Å². The minimum atomic E-state index is -0.116. The normalized spacial score (nSPS) is 10.4. The molecule has 2 aromatic heterocycles. The molecule has 0 fully saturated rings. The van der Waals surface area contributed by atoms with Crippen LogP contribution in [-0.2, 0) is 0 Å². The van der Waals surface area contributed by atoms with E-state index in [1.807, 2.05) is 13.8 Å². The lowest BCUT2D eigenvalue weighted by atomic mass is 10.2. The van der Waals surface area contributed by atoms with Crippen molar-refractivity contribution in [1.29, 1.82) is 0 Å². The van der Waals surface area contributed by atoms with E-state index in [1.54, 1.807) is 23.2 Å². The van der Waals surface area contributed by atoms with Crippen LogP contribution < -0.4 is 4.73 Å². The third-order valence-corrected chi connectivity index (χ3v) is 2.91. The van der Waals surface area contributed by atoms with E-state index >= 15 is 0 Å². The molecule has 6 heteroatoms. The standard InChI is InChI=1S/C13H16N4O2/c1-3-15(4-2)13(18)16-9-12(14-10-16)11-6-5-7-17(19)8-11/h5-10H,3-4H2,1-2H3. The maximum Gasteiger partial charge on any atom is 0.329 e. The molecule has 0 spiro atoms. The number of nitrogens with zero attached hydrogens (tertiary/aromatic N) is 4. The molecule has 0 aromatic carbocycles. The molecule has 0 atom stereocenters. The molecule has 1 amide bonds. The highest BCUT2D eigenvalue weighted by Gasteiger charge is 2.13. The summed E-state index contributed by atoms with van der Waals surface area (Å²) in [5.74, 6) is 0. The van der Waals surface area contributed by atoms with Gasteiger partial charge in [-0.3, -0.25) is 4.57 Å². The number of hydrogen-bond donors (Lipinski definition) is 0. The highest BCUT2D eigenvalue weighted by Crippen LogP contribution is 2.14. The lowest BCUT2D eigenvalue weighted by molar-refractivity contribution is -0.604. The second-order valence-electron chi connectivity index (χ2n) is 4.07. The van der Waals surface area contributed by atoms with Gasteiger partial charge < -0.3 is 10.1 Å². The van der Waals surface area contributed by atoms with Gasteiger partial charge in [-0.05, 0) is 19.9 Å². The zero-order chi connectivity index (χ0) is 13.8. The highest BCUT2D eigenvalue weighted by atomic mass is 16.5. The molecular weight excluding hydrogens is 244 g/mol. The van der Waals surface area contributed by atoms with Gasteiger partial charge in [0.05, 0.1) is 11.3 Å². The molecule has 0 radical (unpaired) electrons. The molecular formula is C13H16N4O2. The molecule has 0 aliphatic carbocycles. The van der Waals surface area contributed by atoms with Crippen molar-refractivity contribution < 1.29 is 9.52 Å². The summed E-state index contributed by atoms with van der Waals surface area (Å²) in [7, 11) is 0. The predicted octanol–water partition coefficient (Wildman–Crippen LogP) is 1.49. The van der Waals surface area contributed by atoms with Crippen molar-refractivity contribution in [3.05, 3.63) is 42.3 Å². The van der Waals surface area contributed by atoms with E-state index in [1.165, 1.54) is 23.3 Å². The van der Waals surface area contributed by atoms with E-state index in [9.17, 15) is 10.0 Å². The molecule has 6 nitrogen and oxygen atoms in total. The number of pyridine rings is 1. The van der Waals surface area contributed by atoms with Crippen LogP contribution in [0, 0.1) is 5.21 Å². The Morgan fingerprint density at radius 3 is 2.84 bits per heavy atom. The summed E-state index contributed by atoms with van der Waals surface area (Å²) in [4.78, 5) is 18.0. The maximum atomic E-state index is 12.1. The molecule has 2 aromatic rings. The first-order valence-electron chi connectivity index (χ1n) is 6.18. The third-order valence-electron chi connectivity index (χ3n) is 2.91. The Hall–Kier alpha value is -2.37. The second kappa shape index (κ2) is 5.51. The van der Waals surface area contributed by atoms with E-state index in [-0.39, 0.29) is 6.03 Å². The van der Waals surface area contributed by atoms with E-state index in [2.05, 4.69) is 4.98 Å². The van der Waals surface area contributed by atoms with E-state index < -0.39 is 0 Å². The summed E-state index contributed by atoms with van der Waals surface area (Å²) in [6.07, 6.45) is 5.93. The van der Waals surface area contributed by atoms with E-state index in [0.29, 0.717) is 29.1 Å². The number of hydrogen-bond acceptors (Lipinski definition) is 3. The largest absolute Gasteiger partial charge is 0.619 e. The molecule has 0 bridgehead atoms. The number of imidazole rings is 1. The molecule has 2 heterocycles. The van der Waals surface area contributed by atoms with Crippen LogP contribution in [0.4, 0.5) is 4.79 Å². The molecule has 0 saturated carbocycles. The zero-order valence-corrected chi connectivity index (χ0v) is 11.0. The van der Waals surface area contributed by atoms with Crippen molar-refractivity contribution in [3.63, 3.8) is 0 Å². The number of amides is 1. The first kappa shape index (κ1) is 13.1. The fourth-order valence-electron chi connectivity index (χ4n) is 1.84. The summed E-state index contributed by atoms with van der Waals surface area (Å²) in [5.41, 5.74) is 1.29. The maximum absolute atomic E-state index is 12.1. The molecule has 0 aliphatic heterocycles. The smallest absolute Gasteiger partial charge is 0.329 e. The number of rotatable bonds is 3. The number of carbonyl (C=O) groups is 1. The van der Waals surface area contributed by atoms with Gasteiger partial charge in [0.1, 0.15) is 6.33 Å². The third kappa shape index (κ3) is 2.73. The average molecular weight is 260 g/mol. The molecule has 100 valence electrons. The number of aromatic nitrogens is 3. The fraction of sp³-hybridized carbons (Fsp3) is 0.308. The molecule has 0 aliphatic rings. The Bertz CT molecular complexity index is 576. The van der Waals surface area contributed by atoms with Crippen molar-refractivity contribution in [2.45, 2.75) is 13.8 Å². The van der Waals surface area contributed by atoms with Crippen molar-refractivity contribution in [3.8, 4) is 11.3 Å². The monoisotopic (exact) mass is 260 g/mol.